The molecule has 8 heteroatoms. The maximum Gasteiger partial charge on any atom is 0.281 e. The molecule has 2 rings (SSSR count). The van der Waals surface area contributed by atoms with E-state index < -0.39 is 10.2 Å². The predicted octanol–water partition coefficient (Wildman–Crippen LogP) is 0.272. The Morgan fingerprint density at radius 3 is 2.71 bits per heavy atom. The van der Waals surface area contributed by atoms with Gasteiger partial charge < -0.3 is 4.90 Å². The lowest BCUT2D eigenvalue weighted by atomic mass is 10.3. The van der Waals surface area contributed by atoms with Gasteiger partial charge in [-0.3, -0.25) is 0 Å². The smallest absolute Gasteiger partial charge is 0.281 e. The highest BCUT2D eigenvalue weighted by Gasteiger charge is 2.26. The van der Waals surface area contributed by atoms with Crippen LogP contribution < -0.4 is 4.90 Å². The van der Waals surface area contributed by atoms with Crippen molar-refractivity contribution >= 4 is 15.9 Å². The standard InChI is InChI=1S/C13H19N5O2S/c1-16(2)21(19,20)18-7-3-6-17(8-9-18)13-4-5-15-12(10-13)11-14/h4-5,10H,3,6-9H2,1-2H3. The fraction of sp³-hybridized carbons (Fsp3) is 0.538. The molecule has 0 aliphatic carbocycles. The zero-order valence-electron chi connectivity index (χ0n) is 12.2. The molecule has 0 saturated carbocycles. The highest BCUT2D eigenvalue weighted by atomic mass is 32.2. The second-order valence-corrected chi connectivity index (χ2v) is 7.18. The molecule has 1 aromatic heterocycles. The van der Waals surface area contributed by atoms with Crippen LogP contribution in [0.4, 0.5) is 5.69 Å². The summed E-state index contributed by atoms with van der Waals surface area (Å²) in [5.41, 5.74) is 1.28. The van der Waals surface area contributed by atoms with Crippen molar-refractivity contribution in [1.82, 2.24) is 13.6 Å². The first-order chi connectivity index (χ1) is 9.95. The van der Waals surface area contributed by atoms with Crippen LogP contribution in [0.5, 0.6) is 0 Å². The first-order valence-corrected chi connectivity index (χ1v) is 8.13. The molecule has 1 aliphatic rings. The van der Waals surface area contributed by atoms with Gasteiger partial charge in [0.1, 0.15) is 11.8 Å². The molecular formula is C13H19N5O2S. The topological polar surface area (TPSA) is 80.5 Å². The molecule has 0 aromatic carbocycles. The van der Waals surface area contributed by atoms with E-state index in [2.05, 4.69) is 9.88 Å². The molecule has 0 spiro atoms. The van der Waals surface area contributed by atoms with Crippen LogP contribution in [0.25, 0.3) is 0 Å². The van der Waals surface area contributed by atoms with E-state index >= 15 is 0 Å². The van der Waals surface area contributed by atoms with Gasteiger partial charge >= 0.3 is 0 Å². The van der Waals surface area contributed by atoms with E-state index in [1.54, 1.807) is 26.4 Å². The molecule has 0 amide bonds. The Labute approximate surface area is 125 Å². The summed E-state index contributed by atoms with van der Waals surface area (Å²) in [6.45, 7) is 2.30. The fourth-order valence-electron chi connectivity index (χ4n) is 2.29. The number of pyridine rings is 1. The van der Waals surface area contributed by atoms with E-state index in [0.717, 1.165) is 18.7 Å². The molecule has 0 bridgehead atoms. The second-order valence-electron chi connectivity index (χ2n) is 5.04. The Morgan fingerprint density at radius 1 is 1.29 bits per heavy atom. The van der Waals surface area contributed by atoms with Crippen molar-refractivity contribution in [3.05, 3.63) is 24.0 Å². The van der Waals surface area contributed by atoms with Crippen molar-refractivity contribution in [1.29, 1.82) is 5.26 Å². The van der Waals surface area contributed by atoms with Crippen LogP contribution in [-0.4, -0.2) is 62.3 Å². The van der Waals surface area contributed by atoms with Crippen molar-refractivity contribution in [2.75, 3.05) is 45.2 Å². The minimum atomic E-state index is -3.37. The molecule has 1 aliphatic heterocycles. The highest BCUT2D eigenvalue weighted by molar-refractivity contribution is 7.86. The van der Waals surface area contributed by atoms with Gasteiger partial charge in [0.15, 0.2) is 0 Å². The number of aromatic nitrogens is 1. The number of hydrogen-bond acceptors (Lipinski definition) is 5. The van der Waals surface area contributed by atoms with Gasteiger partial charge in [-0.1, -0.05) is 0 Å². The quantitative estimate of drug-likeness (QED) is 0.801. The molecule has 7 nitrogen and oxygen atoms in total. The number of anilines is 1. The zero-order valence-corrected chi connectivity index (χ0v) is 13.0. The molecule has 1 fully saturated rings. The molecule has 0 atom stereocenters. The Hall–Kier alpha value is -1.69. The summed E-state index contributed by atoms with van der Waals surface area (Å²) in [4.78, 5) is 6.04. The van der Waals surface area contributed by atoms with E-state index in [-0.39, 0.29) is 0 Å². The monoisotopic (exact) mass is 309 g/mol. The van der Waals surface area contributed by atoms with Crippen LogP contribution in [-0.2, 0) is 10.2 Å². The van der Waals surface area contributed by atoms with Gasteiger partial charge in [-0.25, -0.2) is 4.98 Å². The normalized spacial score (nSPS) is 17.5. The minimum absolute atomic E-state index is 0.370. The molecule has 114 valence electrons. The van der Waals surface area contributed by atoms with Crippen molar-refractivity contribution in [3.8, 4) is 6.07 Å². The Kier molecular flexibility index (Phi) is 4.77. The third-order valence-corrected chi connectivity index (χ3v) is 5.41. The maximum atomic E-state index is 12.2. The molecule has 1 aromatic rings. The van der Waals surface area contributed by atoms with E-state index in [4.69, 9.17) is 5.26 Å². The summed E-state index contributed by atoms with van der Waals surface area (Å²) in [5.74, 6) is 0. The zero-order chi connectivity index (χ0) is 15.5. The molecule has 0 unspecified atom stereocenters. The average molecular weight is 309 g/mol. The van der Waals surface area contributed by atoms with E-state index in [9.17, 15) is 8.42 Å². The third-order valence-electron chi connectivity index (χ3n) is 3.47. The van der Waals surface area contributed by atoms with Gasteiger partial charge in [-0.2, -0.15) is 22.3 Å². The first-order valence-electron chi connectivity index (χ1n) is 6.74. The van der Waals surface area contributed by atoms with Gasteiger partial charge in [0.05, 0.1) is 0 Å². The summed E-state index contributed by atoms with van der Waals surface area (Å²) >= 11 is 0. The highest BCUT2D eigenvalue weighted by Crippen LogP contribution is 2.18. The van der Waals surface area contributed by atoms with Gasteiger partial charge in [-0.05, 0) is 18.6 Å². The van der Waals surface area contributed by atoms with Crippen molar-refractivity contribution in [3.63, 3.8) is 0 Å². The van der Waals surface area contributed by atoms with Crippen LogP contribution in [0.2, 0.25) is 0 Å². The van der Waals surface area contributed by atoms with Crippen LogP contribution in [0.1, 0.15) is 12.1 Å². The summed E-state index contributed by atoms with van der Waals surface area (Å²) < 4.78 is 27.1. The van der Waals surface area contributed by atoms with Crippen LogP contribution in [0, 0.1) is 11.3 Å². The number of nitriles is 1. The lowest BCUT2D eigenvalue weighted by Crippen LogP contribution is -2.42. The molecule has 21 heavy (non-hydrogen) atoms. The lowest BCUT2D eigenvalue weighted by molar-refractivity contribution is 0.391. The number of nitrogens with zero attached hydrogens (tertiary/aromatic N) is 5. The third kappa shape index (κ3) is 3.50. The summed E-state index contributed by atoms with van der Waals surface area (Å²) in [6, 6.07) is 5.60. The maximum absolute atomic E-state index is 12.2. The fourth-order valence-corrected chi connectivity index (χ4v) is 3.42. The summed E-state index contributed by atoms with van der Waals surface area (Å²) in [6.07, 6.45) is 2.35. The predicted molar refractivity (Wildman–Crippen MR) is 80.0 cm³/mol. The van der Waals surface area contributed by atoms with E-state index in [1.165, 1.54) is 8.61 Å². The van der Waals surface area contributed by atoms with Crippen molar-refractivity contribution in [2.45, 2.75) is 6.42 Å². The van der Waals surface area contributed by atoms with Crippen LogP contribution >= 0.6 is 0 Å². The average Bonchev–Trinajstić information content (AvgIpc) is 2.73. The molecular weight excluding hydrogens is 290 g/mol. The van der Waals surface area contributed by atoms with Crippen LogP contribution in [0.15, 0.2) is 18.3 Å². The number of rotatable bonds is 3. The SMILES string of the molecule is CN(C)S(=O)(=O)N1CCCN(c2ccnc(C#N)c2)CC1. The molecule has 2 heterocycles. The lowest BCUT2D eigenvalue weighted by Gasteiger charge is -2.25. The second kappa shape index (κ2) is 6.39. The first kappa shape index (κ1) is 15.7. The van der Waals surface area contributed by atoms with Gasteiger partial charge in [0, 0.05) is 52.2 Å². The van der Waals surface area contributed by atoms with E-state index in [0.29, 0.717) is 25.3 Å². The Balaban J connectivity index is 2.13. The number of hydrogen-bond donors (Lipinski definition) is 0. The van der Waals surface area contributed by atoms with Gasteiger partial charge in [0.25, 0.3) is 10.2 Å². The largest absolute Gasteiger partial charge is 0.370 e. The van der Waals surface area contributed by atoms with E-state index in [1.807, 2.05) is 12.1 Å². The van der Waals surface area contributed by atoms with Crippen molar-refractivity contribution in [2.24, 2.45) is 0 Å². The molecule has 0 radical (unpaired) electrons. The summed E-state index contributed by atoms with van der Waals surface area (Å²) in [5, 5.41) is 8.90. The minimum Gasteiger partial charge on any atom is -0.370 e. The van der Waals surface area contributed by atoms with Gasteiger partial charge in [0.2, 0.25) is 0 Å². The van der Waals surface area contributed by atoms with Gasteiger partial charge in [-0.15, -0.1) is 0 Å². The Bertz CT molecular complexity index is 638. The molecule has 1 saturated heterocycles. The molecule has 0 N–H and O–H groups in total. The van der Waals surface area contributed by atoms with Crippen molar-refractivity contribution < 1.29 is 8.42 Å². The summed E-state index contributed by atoms with van der Waals surface area (Å²) in [7, 11) is -0.283. The van der Waals surface area contributed by atoms with Crippen LogP contribution in [0.3, 0.4) is 0 Å². The Morgan fingerprint density at radius 2 is 2.05 bits per heavy atom.